The van der Waals surface area contributed by atoms with Gasteiger partial charge in [-0.05, 0) is 48.0 Å². The Morgan fingerprint density at radius 2 is 2.00 bits per heavy atom. The van der Waals surface area contributed by atoms with Crippen LogP contribution in [0, 0.1) is 11.3 Å². The number of aromatic nitrogens is 1. The zero-order valence-electron chi connectivity index (χ0n) is 15.6. The highest BCUT2D eigenvalue weighted by Crippen LogP contribution is 2.34. The Kier molecular flexibility index (Phi) is 5.66. The number of carbonyl (C=O) groups is 1. The van der Waals surface area contributed by atoms with Crippen LogP contribution in [0.3, 0.4) is 0 Å². The third-order valence-corrected chi connectivity index (χ3v) is 5.10. The van der Waals surface area contributed by atoms with Gasteiger partial charge in [0.05, 0.1) is 0 Å². The molecule has 4 rings (SSSR count). The number of nitrogens with zero attached hydrogens (tertiary/aromatic N) is 2. The van der Waals surface area contributed by atoms with Gasteiger partial charge in [0.2, 0.25) is 6.79 Å². The Morgan fingerprint density at radius 3 is 2.80 bits per heavy atom. The number of nitriles is 1. The molecule has 0 saturated carbocycles. The first-order chi connectivity index (χ1) is 14.5. The quantitative estimate of drug-likeness (QED) is 0.442. The number of halogens is 2. The lowest BCUT2D eigenvalue weighted by Gasteiger charge is -2.10. The molecule has 8 heteroatoms. The average molecular weight is 440 g/mol. The molecule has 1 N–H and O–H groups in total. The van der Waals surface area contributed by atoms with Gasteiger partial charge in [0.25, 0.3) is 5.91 Å². The van der Waals surface area contributed by atoms with Gasteiger partial charge in [0.15, 0.2) is 11.5 Å². The number of nitrogens with one attached hydrogen (secondary N) is 1. The molecule has 3 aromatic rings. The van der Waals surface area contributed by atoms with Crippen LogP contribution in [0.4, 0.5) is 5.69 Å². The SMILES string of the molecule is N#CC(=Cc1cccn1Cc1ccc(Cl)cc1Cl)C(=O)Nc1ccc2c(c1)OCO2. The number of rotatable bonds is 5. The molecular formula is C22H15Cl2N3O3. The summed E-state index contributed by atoms with van der Waals surface area (Å²) in [6.45, 7) is 0.613. The number of fused-ring (bicyclic) bond motifs is 1. The van der Waals surface area contributed by atoms with Crippen molar-refractivity contribution in [3.8, 4) is 17.6 Å². The van der Waals surface area contributed by atoms with Crippen LogP contribution in [-0.2, 0) is 11.3 Å². The predicted molar refractivity (Wildman–Crippen MR) is 115 cm³/mol. The fourth-order valence-corrected chi connectivity index (χ4v) is 3.47. The smallest absolute Gasteiger partial charge is 0.266 e. The molecule has 0 spiro atoms. The van der Waals surface area contributed by atoms with Crippen molar-refractivity contribution in [1.82, 2.24) is 4.57 Å². The van der Waals surface area contributed by atoms with Crippen molar-refractivity contribution in [2.24, 2.45) is 0 Å². The van der Waals surface area contributed by atoms with Crippen LogP contribution in [0.2, 0.25) is 10.0 Å². The van der Waals surface area contributed by atoms with Crippen LogP contribution in [0.15, 0.2) is 60.3 Å². The minimum absolute atomic E-state index is 0.0326. The van der Waals surface area contributed by atoms with Crippen molar-refractivity contribution in [1.29, 1.82) is 5.26 Å². The summed E-state index contributed by atoms with van der Waals surface area (Å²) < 4.78 is 12.5. The Hall–Kier alpha value is -3.40. The number of amides is 1. The topological polar surface area (TPSA) is 76.3 Å². The maximum atomic E-state index is 12.6. The standard InChI is InChI=1S/C22H15Cl2N3O3/c23-16-4-3-14(19(24)9-16)12-27-7-1-2-18(27)8-15(11-25)22(28)26-17-5-6-20-21(10-17)30-13-29-20/h1-10H,12-13H2,(H,26,28). The minimum atomic E-state index is -0.520. The molecule has 0 fully saturated rings. The fraction of sp³-hybridized carbons (Fsp3) is 0.0909. The summed E-state index contributed by atoms with van der Waals surface area (Å²) in [6, 6.07) is 15.9. The van der Waals surface area contributed by atoms with E-state index < -0.39 is 5.91 Å². The van der Waals surface area contributed by atoms with E-state index in [0.717, 1.165) is 5.56 Å². The van der Waals surface area contributed by atoms with Crippen LogP contribution in [0.5, 0.6) is 11.5 Å². The number of anilines is 1. The van der Waals surface area contributed by atoms with Gasteiger partial charge in [-0.15, -0.1) is 0 Å². The average Bonchev–Trinajstić information content (AvgIpc) is 3.36. The molecule has 1 aromatic heterocycles. The zero-order valence-corrected chi connectivity index (χ0v) is 17.1. The van der Waals surface area contributed by atoms with Crippen molar-refractivity contribution in [3.63, 3.8) is 0 Å². The summed E-state index contributed by atoms with van der Waals surface area (Å²) in [5.41, 5.74) is 2.04. The molecule has 0 bridgehead atoms. The molecule has 6 nitrogen and oxygen atoms in total. The van der Waals surface area contributed by atoms with E-state index >= 15 is 0 Å². The van der Waals surface area contributed by atoms with E-state index in [1.807, 2.05) is 35.0 Å². The first kappa shape index (κ1) is 19.9. The Labute approximate surface area is 182 Å². The molecular weight excluding hydrogens is 425 g/mol. The second-order valence-corrected chi connectivity index (χ2v) is 7.33. The lowest BCUT2D eigenvalue weighted by atomic mass is 10.2. The minimum Gasteiger partial charge on any atom is -0.454 e. The number of hydrogen-bond donors (Lipinski definition) is 1. The van der Waals surface area contributed by atoms with E-state index in [1.165, 1.54) is 6.08 Å². The van der Waals surface area contributed by atoms with E-state index in [4.69, 9.17) is 32.7 Å². The summed E-state index contributed by atoms with van der Waals surface area (Å²) in [4.78, 5) is 12.6. The van der Waals surface area contributed by atoms with Crippen LogP contribution >= 0.6 is 23.2 Å². The van der Waals surface area contributed by atoms with Gasteiger partial charge in [-0.25, -0.2) is 0 Å². The first-order valence-electron chi connectivity index (χ1n) is 8.95. The van der Waals surface area contributed by atoms with Gasteiger partial charge < -0.3 is 19.4 Å². The third kappa shape index (κ3) is 4.28. The lowest BCUT2D eigenvalue weighted by Crippen LogP contribution is -2.13. The molecule has 30 heavy (non-hydrogen) atoms. The second-order valence-electron chi connectivity index (χ2n) is 6.49. The summed E-state index contributed by atoms with van der Waals surface area (Å²) >= 11 is 12.2. The van der Waals surface area contributed by atoms with E-state index in [1.54, 1.807) is 30.3 Å². The van der Waals surface area contributed by atoms with Gasteiger partial charge in [0.1, 0.15) is 11.6 Å². The van der Waals surface area contributed by atoms with Crippen molar-refractivity contribution < 1.29 is 14.3 Å². The van der Waals surface area contributed by atoms with Crippen molar-refractivity contribution in [3.05, 3.63) is 81.6 Å². The Bertz CT molecular complexity index is 1190. The highest BCUT2D eigenvalue weighted by molar-refractivity contribution is 6.35. The van der Waals surface area contributed by atoms with Gasteiger partial charge in [-0.3, -0.25) is 4.79 Å². The second kappa shape index (κ2) is 8.54. The maximum absolute atomic E-state index is 12.6. The predicted octanol–water partition coefficient (Wildman–Crippen LogP) is 5.12. The lowest BCUT2D eigenvalue weighted by molar-refractivity contribution is -0.112. The molecule has 0 aliphatic carbocycles. The van der Waals surface area contributed by atoms with Crippen LogP contribution in [0.1, 0.15) is 11.3 Å². The number of ether oxygens (including phenoxy) is 2. The van der Waals surface area contributed by atoms with Gasteiger partial charge in [-0.2, -0.15) is 5.26 Å². The molecule has 0 unspecified atom stereocenters. The molecule has 1 aliphatic heterocycles. The summed E-state index contributed by atoms with van der Waals surface area (Å²) in [6.07, 6.45) is 3.38. The normalized spacial score (nSPS) is 12.5. The first-order valence-corrected chi connectivity index (χ1v) is 9.71. The molecule has 0 radical (unpaired) electrons. The van der Waals surface area contributed by atoms with E-state index in [2.05, 4.69) is 5.32 Å². The molecule has 1 aliphatic rings. The largest absolute Gasteiger partial charge is 0.454 e. The van der Waals surface area contributed by atoms with Gasteiger partial charge >= 0.3 is 0 Å². The van der Waals surface area contributed by atoms with Crippen molar-refractivity contribution in [2.45, 2.75) is 6.54 Å². The number of carbonyl (C=O) groups excluding carboxylic acids is 1. The summed E-state index contributed by atoms with van der Waals surface area (Å²) in [5.74, 6) is 0.639. The summed E-state index contributed by atoms with van der Waals surface area (Å²) in [7, 11) is 0. The fourth-order valence-electron chi connectivity index (χ4n) is 3.00. The molecule has 0 atom stereocenters. The van der Waals surface area contributed by atoms with E-state index in [0.29, 0.717) is 39.5 Å². The van der Waals surface area contributed by atoms with E-state index in [-0.39, 0.29) is 12.4 Å². The highest BCUT2D eigenvalue weighted by Gasteiger charge is 2.16. The molecule has 0 saturated heterocycles. The van der Waals surface area contributed by atoms with Crippen LogP contribution in [-0.4, -0.2) is 17.3 Å². The summed E-state index contributed by atoms with van der Waals surface area (Å²) in [5, 5.41) is 13.3. The Morgan fingerprint density at radius 1 is 1.17 bits per heavy atom. The van der Waals surface area contributed by atoms with Crippen LogP contribution in [0.25, 0.3) is 6.08 Å². The molecule has 1 amide bonds. The molecule has 2 heterocycles. The van der Waals surface area contributed by atoms with Gasteiger partial charge in [0, 0.05) is 40.2 Å². The Balaban J connectivity index is 1.54. The molecule has 150 valence electrons. The monoisotopic (exact) mass is 439 g/mol. The van der Waals surface area contributed by atoms with Crippen LogP contribution < -0.4 is 14.8 Å². The van der Waals surface area contributed by atoms with Gasteiger partial charge in [-0.1, -0.05) is 29.3 Å². The molecule has 2 aromatic carbocycles. The number of benzene rings is 2. The highest BCUT2D eigenvalue weighted by atomic mass is 35.5. The van der Waals surface area contributed by atoms with E-state index in [9.17, 15) is 10.1 Å². The third-order valence-electron chi connectivity index (χ3n) is 4.51. The zero-order chi connectivity index (χ0) is 21.1. The number of hydrogen-bond acceptors (Lipinski definition) is 4. The van der Waals surface area contributed by atoms with Crippen molar-refractivity contribution in [2.75, 3.05) is 12.1 Å². The van der Waals surface area contributed by atoms with Crippen molar-refractivity contribution >= 4 is 40.9 Å². The maximum Gasteiger partial charge on any atom is 0.266 e.